The molecule has 2 saturated heterocycles. The van der Waals surface area contributed by atoms with Gasteiger partial charge in [0.25, 0.3) is 20.0 Å². The van der Waals surface area contributed by atoms with Gasteiger partial charge in [0.05, 0.1) is 49.6 Å². The third kappa shape index (κ3) is 8.49. The molecular formula is C40H44N4O11S2. The monoisotopic (exact) mass is 820 g/mol. The molecular weight excluding hydrogens is 777 g/mol. The zero-order valence-electron chi connectivity index (χ0n) is 32.0. The molecule has 302 valence electrons. The van der Waals surface area contributed by atoms with Crippen LogP contribution in [-0.2, 0) is 34.4 Å². The van der Waals surface area contributed by atoms with Gasteiger partial charge in [0.2, 0.25) is 17.7 Å². The van der Waals surface area contributed by atoms with Gasteiger partial charge >= 0.3 is 0 Å². The normalized spacial score (nSPS) is 15.6. The molecule has 2 fully saturated rings. The fraction of sp³-hybridized carbons (Fsp3) is 0.325. The molecule has 0 N–H and O–H groups in total. The second-order valence-electron chi connectivity index (χ2n) is 13.4. The number of amides is 3. The number of nitrogens with zero attached hydrogens (tertiary/aromatic N) is 4. The molecule has 4 aromatic carbocycles. The Balaban J connectivity index is 1.30. The molecule has 0 aliphatic carbocycles. The third-order valence-electron chi connectivity index (χ3n) is 10.0. The van der Waals surface area contributed by atoms with E-state index in [-0.39, 0.29) is 51.5 Å². The van der Waals surface area contributed by atoms with Crippen LogP contribution >= 0.6 is 0 Å². The molecule has 17 heteroatoms. The van der Waals surface area contributed by atoms with Crippen LogP contribution in [0.5, 0.6) is 23.0 Å². The van der Waals surface area contributed by atoms with Crippen molar-refractivity contribution >= 4 is 49.1 Å². The maximum absolute atomic E-state index is 14.6. The van der Waals surface area contributed by atoms with Crippen molar-refractivity contribution in [3.05, 3.63) is 96.6 Å². The molecule has 2 heterocycles. The number of likely N-dealkylation sites (tertiary alicyclic amines) is 2. The Kier molecular flexibility index (Phi) is 12.3. The summed E-state index contributed by atoms with van der Waals surface area (Å²) in [5.74, 6) is -1.36. The standard InChI is InChI=1S/C40H44N4O11S2/c1-52-30-15-17-36(54-3)34(23-30)43(26-39(46)41-19-8-9-20-41)57(50,51)33-14-10-11-28(21-33)29-22-38(45)42(25-29)40(47)27-44(56(48,49)32-12-6-5-7-13-32)35-24-31(53-2)16-18-37(35)55-4/h5-7,10-18,21,23-24,29H,8-9,19-20,22,25-27H2,1-4H3. The summed E-state index contributed by atoms with van der Waals surface area (Å²) in [5.41, 5.74) is 0.576. The lowest BCUT2D eigenvalue weighted by atomic mass is 9.98. The molecule has 6 rings (SSSR count). The summed E-state index contributed by atoms with van der Waals surface area (Å²) in [6.07, 6.45) is 1.49. The smallest absolute Gasteiger partial charge is 0.264 e. The Bertz CT molecular complexity index is 2350. The molecule has 57 heavy (non-hydrogen) atoms. The van der Waals surface area contributed by atoms with E-state index in [0.29, 0.717) is 30.2 Å². The first-order chi connectivity index (χ1) is 27.3. The predicted molar refractivity (Wildman–Crippen MR) is 211 cm³/mol. The molecule has 0 aromatic heterocycles. The summed E-state index contributed by atoms with van der Waals surface area (Å²) >= 11 is 0. The number of ether oxygens (including phenoxy) is 4. The highest BCUT2D eigenvalue weighted by Gasteiger charge is 2.39. The van der Waals surface area contributed by atoms with Gasteiger partial charge in [-0.15, -0.1) is 0 Å². The van der Waals surface area contributed by atoms with E-state index in [1.807, 2.05) is 0 Å². The van der Waals surface area contributed by atoms with Crippen molar-refractivity contribution in [2.24, 2.45) is 0 Å². The first kappa shape index (κ1) is 40.8. The Morgan fingerprint density at radius 2 is 1.18 bits per heavy atom. The fourth-order valence-corrected chi connectivity index (χ4v) is 9.84. The fourth-order valence-electron chi connectivity index (χ4n) is 6.93. The van der Waals surface area contributed by atoms with Crippen LogP contribution in [0.1, 0.15) is 30.7 Å². The summed E-state index contributed by atoms with van der Waals surface area (Å²) in [4.78, 5) is 43.4. The van der Waals surface area contributed by atoms with Gasteiger partial charge in [-0.2, -0.15) is 0 Å². The minimum atomic E-state index is -4.44. The topological polar surface area (TPSA) is 169 Å². The zero-order chi connectivity index (χ0) is 40.9. The van der Waals surface area contributed by atoms with E-state index in [9.17, 15) is 31.2 Å². The molecule has 2 aliphatic rings. The molecule has 0 saturated carbocycles. The minimum Gasteiger partial charge on any atom is -0.497 e. The summed E-state index contributed by atoms with van der Waals surface area (Å²) in [6.45, 7) is -0.357. The van der Waals surface area contributed by atoms with Crippen molar-refractivity contribution in [3.63, 3.8) is 0 Å². The van der Waals surface area contributed by atoms with E-state index in [4.69, 9.17) is 18.9 Å². The zero-order valence-corrected chi connectivity index (χ0v) is 33.6. The van der Waals surface area contributed by atoms with Crippen molar-refractivity contribution in [1.29, 1.82) is 0 Å². The lowest BCUT2D eigenvalue weighted by molar-refractivity contribution is -0.140. The van der Waals surface area contributed by atoms with E-state index >= 15 is 0 Å². The Hall–Kier alpha value is -5.81. The quantitative estimate of drug-likeness (QED) is 0.168. The van der Waals surface area contributed by atoms with Gasteiger partial charge in [0, 0.05) is 44.1 Å². The second kappa shape index (κ2) is 17.1. The number of carbonyl (C=O) groups excluding carboxylic acids is 3. The molecule has 15 nitrogen and oxygen atoms in total. The van der Waals surface area contributed by atoms with E-state index in [1.54, 1.807) is 47.4 Å². The highest BCUT2D eigenvalue weighted by molar-refractivity contribution is 7.93. The van der Waals surface area contributed by atoms with E-state index in [0.717, 1.165) is 26.4 Å². The van der Waals surface area contributed by atoms with Crippen molar-refractivity contribution < 1.29 is 50.2 Å². The third-order valence-corrected chi connectivity index (χ3v) is 13.5. The van der Waals surface area contributed by atoms with Crippen LogP contribution in [0.4, 0.5) is 11.4 Å². The van der Waals surface area contributed by atoms with Crippen LogP contribution in [0.3, 0.4) is 0 Å². The van der Waals surface area contributed by atoms with Crippen LogP contribution in [0.15, 0.2) is 101 Å². The van der Waals surface area contributed by atoms with Gasteiger partial charge in [-0.3, -0.25) is 27.9 Å². The molecule has 1 atom stereocenters. The minimum absolute atomic E-state index is 0.0237. The van der Waals surface area contributed by atoms with Crippen molar-refractivity contribution in [2.75, 3.05) is 69.8 Å². The number of hydrogen-bond acceptors (Lipinski definition) is 11. The van der Waals surface area contributed by atoms with Crippen LogP contribution < -0.4 is 27.6 Å². The largest absolute Gasteiger partial charge is 0.497 e. The Labute approximate surface area is 332 Å². The first-order valence-corrected chi connectivity index (χ1v) is 21.0. The van der Waals surface area contributed by atoms with Crippen molar-refractivity contribution in [1.82, 2.24) is 9.80 Å². The highest BCUT2D eigenvalue weighted by atomic mass is 32.2. The van der Waals surface area contributed by atoms with Crippen LogP contribution in [-0.4, -0.2) is 106 Å². The molecule has 0 radical (unpaired) electrons. The summed E-state index contributed by atoms with van der Waals surface area (Å²) in [7, 11) is -3.20. The molecule has 3 amide bonds. The van der Waals surface area contributed by atoms with Gasteiger partial charge < -0.3 is 23.8 Å². The maximum atomic E-state index is 14.6. The van der Waals surface area contributed by atoms with E-state index in [1.165, 1.54) is 77.0 Å². The average Bonchev–Trinajstić information content (AvgIpc) is 3.92. The number of methoxy groups -OCH3 is 4. The number of benzene rings is 4. The van der Waals surface area contributed by atoms with Gasteiger partial charge in [0.15, 0.2) is 0 Å². The Morgan fingerprint density at radius 1 is 0.649 bits per heavy atom. The van der Waals surface area contributed by atoms with Gasteiger partial charge in [-0.05, 0) is 66.9 Å². The molecule has 1 unspecified atom stereocenters. The predicted octanol–water partition coefficient (Wildman–Crippen LogP) is 4.28. The number of imide groups is 1. The average molecular weight is 821 g/mol. The molecule has 0 spiro atoms. The number of hydrogen-bond donors (Lipinski definition) is 0. The molecule has 4 aromatic rings. The number of anilines is 2. The number of carbonyl (C=O) groups is 3. The lowest BCUT2D eigenvalue weighted by Crippen LogP contribution is -2.43. The van der Waals surface area contributed by atoms with Crippen LogP contribution in [0, 0.1) is 0 Å². The van der Waals surface area contributed by atoms with Gasteiger partial charge in [0.1, 0.15) is 36.1 Å². The summed E-state index contributed by atoms with van der Waals surface area (Å²) < 4.78 is 80.9. The SMILES string of the molecule is COc1ccc(OC)c(N(CC(=O)N2CCCC2)S(=O)(=O)c2cccc(C3CC(=O)N(C(=O)CN(c4cc(OC)ccc4OC)S(=O)(=O)c4ccccc4)C3)c2)c1. The Morgan fingerprint density at radius 3 is 1.72 bits per heavy atom. The number of rotatable bonds is 15. The van der Waals surface area contributed by atoms with Gasteiger partial charge in [-0.25, -0.2) is 16.8 Å². The maximum Gasteiger partial charge on any atom is 0.264 e. The van der Waals surface area contributed by atoms with E-state index < -0.39 is 50.9 Å². The van der Waals surface area contributed by atoms with Crippen molar-refractivity contribution in [3.8, 4) is 23.0 Å². The van der Waals surface area contributed by atoms with Gasteiger partial charge in [-0.1, -0.05) is 30.3 Å². The number of sulfonamides is 2. The molecule has 0 bridgehead atoms. The summed E-state index contributed by atoms with van der Waals surface area (Å²) in [5, 5.41) is 0. The first-order valence-electron chi connectivity index (χ1n) is 18.1. The lowest BCUT2D eigenvalue weighted by Gasteiger charge is -2.28. The molecule has 2 aliphatic heterocycles. The van der Waals surface area contributed by atoms with Crippen LogP contribution in [0.25, 0.3) is 0 Å². The summed E-state index contributed by atoms with van der Waals surface area (Å²) in [6, 6.07) is 22.7. The van der Waals surface area contributed by atoms with Crippen molar-refractivity contribution in [2.45, 2.75) is 35.0 Å². The highest BCUT2D eigenvalue weighted by Crippen LogP contribution is 2.39. The van der Waals surface area contributed by atoms with Crippen LogP contribution in [0.2, 0.25) is 0 Å². The second-order valence-corrected chi connectivity index (χ2v) is 17.1. The van der Waals surface area contributed by atoms with E-state index in [2.05, 4.69) is 0 Å².